The number of hydrogen-bond acceptors (Lipinski definition) is 5. The van der Waals surface area contributed by atoms with Gasteiger partial charge in [-0.3, -0.25) is 9.59 Å². The second-order valence-electron chi connectivity index (χ2n) is 24.2. The Kier molecular flexibility index (Phi) is 66.4. The van der Waals surface area contributed by atoms with Crippen LogP contribution < -0.4 is 5.32 Å². The molecule has 0 radical (unpaired) electrons. The molecule has 464 valence electrons. The molecule has 0 saturated heterocycles. The van der Waals surface area contributed by atoms with E-state index >= 15 is 0 Å². The van der Waals surface area contributed by atoms with Crippen LogP contribution in [-0.4, -0.2) is 47.4 Å². The lowest BCUT2D eigenvalue weighted by molar-refractivity contribution is -0.143. The minimum atomic E-state index is -0.844. The smallest absolute Gasteiger partial charge is 0.305 e. The standard InChI is InChI=1S/C73H137NO5/c1-3-5-7-9-11-13-15-17-19-20-35-39-43-47-51-55-59-63-67-73(78)79-68-64-60-56-52-48-44-40-36-33-31-29-27-25-23-21-22-24-26-28-30-32-34-38-42-46-50-54-58-62-66-72(77)74-70(69-75)71(76)65-61-57-53-49-45-41-37-18-16-14-12-10-8-6-4-2/h13,15,19-21,23,61,65,70-71,75-76H,3-12,14,16-18,22,24-60,62-64,66-69H2,1-2H3,(H,74,77)/b15-13-,20-19-,23-21-,65-61+. The average molecular weight is 1110 g/mol. The predicted octanol–water partition coefficient (Wildman–Crippen LogP) is 22.9. The van der Waals surface area contributed by atoms with Crippen molar-refractivity contribution in [2.75, 3.05) is 13.2 Å². The molecule has 1 amide bonds. The lowest BCUT2D eigenvalue weighted by Crippen LogP contribution is -2.45. The minimum absolute atomic E-state index is 0.00893. The van der Waals surface area contributed by atoms with Crippen molar-refractivity contribution >= 4 is 11.9 Å². The lowest BCUT2D eigenvalue weighted by atomic mass is 10.0. The molecule has 0 spiro atoms. The van der Waals surface area contributed by atoms with E-state index < -0.39 is 12.1 Å². The van der Waals surface area contributed by atoms with Crippen LogP contribution in [0.1, 0.15) is 380 Å². The van der Waals surface area contributed by atoms with Crippen LogP contribution in [-0.2, 0) is 14.3 Å². The molecule has 0 aromatic carbocycles. The molecule has 0 aliphatic rings. The molecule has 6 nitrogen and oxygen atoms in total. The zero-order valence-electron chi connectivity index (χ0n) is 53.1. The highest BCUT2D eigenvalue weighted by Gasteiger charge is 2.18. The number of esters is 1. The van der Waals surface area contributed by atoms with Crippen molar-refractivity contribution in [1.82, 2.24) is 5.32 Å². The van der Waals surface area contributed by atoms with E-state index in [2.05, 4.69) is 55.6 Å². The highest BCUT2D eigenvalue weighted by molar-refractivity contribution is 5.76. The first-order chi connectivity index (χ1) is 39.0. The second kappa shape index (κ2) is 68.3. The van der Waals surface area contributed by atoms with Crippen molar-refractivity contribution in [2.45, 2.75) is 392 Å². The Hall–Kier alpha value is -2.18. The average Bonchev–Trinajstić information content (AvgIpc) is 3.45. The van der Waals surface area contributed by atoms with Gasteiger partial charge in [0.25, 0.3) is 0 Å². The van der Waals surface area contributed by atoms with Gasteiger partial charge in [-0.2, -0.15) is 0 Å². The number of nitrogens with one attached hydrogen (secondary N) is 1. The summed E-state index contributed by atoms with van der Waals surface area (Å²) in [4.78, 5) is 24.6. The Morgan fingerprint density at radius 2 is 0.633 bits per heavy atom. The molecule has 0 rings (SSSR count). The van der Waals surface area contributed by atoms with Gasteiger partial charge in [-0.15, -0.1) is 0 Å². The maximum absolute atomic E-state index is 12.5. The molecule has 0 aliphatic heterocycles. The number of aliphatic hydroxyl groups is 2. The first-order valence-corrected chi connectivity index (χ1v) is 35.4. The summed E-state index contributed by atoms with van der Waals surface area (Å²) in [5.41, 5.74) is 0. The molecule has 0 aliphatic carbocycles. The fourth-order valence-corrected chi connectivity index (χ4v) is 10.9. The molecule has 79 heavy (non-hydrogen) atoms. The number of carbonyl (C=O) groups excluding carboxylic acids is 2. The normalized spacial score (nSPS) is 12.8. The van der Waals surface area contributed by atoms with E-state index in [9.17, 15) is 19.8 Å². The number of unbranched alkanes of at least 4 members (excludes halogenated alkanes) is 49. The van der Waals surface area contributed by atoms with Gasteiger partial charge in [0.15, 0.2) is 0 Å². The number of allylic oxidation sites excluding steroid dienone is 7. The molecule has 0 saturated carbocycles. The molecule has 0 heterocycles. The van der Waals surface area contributed by atoms with Crippen molar-refractivity contribution in [2.24, 2.45) is 0 Å². The number of hydrogen-bond donors (Lipinski definition) is 3. The van der Waals surface area contributed by atoms with Crippen LogP contribution in [0.2, 0.25) is 0 Å². The topological polar surface area (TPSA) is 95.9 Å². The molecule has 3 N–H and O–H groups in total. The van der Waals surface area contributed by atoms with Crippen LogP contribution in [0.4, 0.5) is 0 Å². The zero-order valence-corrected chi connectivity index (χ0v) is 53.1. The van der Waals surface area contributed by atoms with Crippen molar-refractivity contribution in [3.63, 3.8) is 0 Å². The fourth-order valence-electron chi connectivity index (χ4n) is 10.9. The van der Waals surface area contributed by atoms with E-state index in [1.165, 1.54) is 302 Å². The molecule has 6 heteroatoms. The van der Waals surface area contributed by atoms with E-state index in [1.54, 1.807) is 6.08 Å². The quantitative estimate of drug-likeness (QED) is 0.0320. The van der Waals surface area contributed by atoms with E-state index in [1.807, 2.05) is 6.08 Å². The summed E-state index contributed by atoms with van der Waals surface area (Å²) in [6, 6.07) is -0.628. The Morgan fingerprint density at radius 1 is 0.354 bits per heavy atom. The van der Waals surface area contributed by atoms with Crippen LogP contribution in [0.3, 0.4) is 0 Å². The van der Waals surface area contributed by atoms with E-state index in [-0.39, 0.29) is 18.5 Å². The van der Waals surface area contributed by atoms with E-state index in [0.717, 1.165) is 51.4 Å². The van der Waals surface area contributed by atoms with Crippen LogP contribution in [0.15, 0.2) is 48.6 Å². The highest BCUT2D eigenvalue weighted by atomic mass is 16.5. The van der Waals surface area contributed by atoms with Gasteiger partial charge in [-0.1, -0.05) is 326 Å². The van der Waals surface area contributed by atoms with Crippen LogP contribution >= 0.6 is 0 Å². The van der Waals surface area contributed by atoms with Crippen LogP contribution in [0.25, 0.3) is 0 Å². The molecular formula is C73H137NO5. The number of carbonyl (C=O) groups is 2. The van der Waals surface area contributed by atoms with Gasteiger partial charge in [0.05, 0.1) is 25.4 Å². The third-order valence-electron chi connectivity index (χ3n) is 16.3. The number of ether oxygens (including phenoxy) is 1. The summed E-state index contributed by atoms with van der Waals surface area (Å²) in [7, 11) is 0. The summed E-state index contributed by atoms with van der Waals surface area (Å²) < 4.78 is 5.50. The largest absolute Gasteiger partial charge is 0.466 e. The molecule has 0 aromatic heterocycles. The van der Waals surface area contributed by atoms with Crippen LogP contribution in [0.5, 0.6) is 0 Å². The van der Waals surface area contributed by atoms with Gasteiger partial charge in [-0.05, 0) is 89.9 Å². The SMILES string of the molecule is CCCCCC/C=C\C/C=C\CCCCCCCCCC(=O)OCCCCCCCCCCCCCC/C=C\CCCCCCCCCCCCCCCC(=O)NC(CO)C(O)/C=C/CCCCCCCCCCCCCCC. The minimum Gasteiger partial charge on any atom is -0.466 e. The lowest BCUT2D eigenvalue weighted by Gasteiger charge is -2.20. The van der Waals surface area contributed by atoms with Crippen molar-refractivity contribution < 1.29 is 24.5 Å². The zero-order chi connectivity index (χ0) is 57.1. The first-order valence-electron chi connectivity index (χ1n) is 35.4. The Morgan fingerprint density at radius 3 is 0.987 bits per heavy atom. The summed E-state index contributed by atoms with van der Waals surface area (Å²) in [5.74, 6) is -0.0566. The van der Waals surface area contributed by atoms with Gasteiger partial charge in [0.2, 0.25) is 5.91 Å². The van der Waals surface area contributed by atoms with Gasteiger partial charge in [-0.25, -0.2) is 0 Å². The highest BCUT2D eigenvalue weighted by Crippen LogP contribution is 2.18. The third kappa shape index (κ3) is 64.8. The number of rotatable bonds is 66. The predicted molar refractivity (Wildman–Crippen MR) is 347 cm³/mol. The summed E-state index contributed by atoms with van der Waals surface area (Å²) >= 11 is 0. The maximum Gasteiger partial charge on any atom is 0.305 e. The molecular weight excluding hydrogens is 971 g/mol. The number of amides is 1. The van der Waals surface area contributed by atoms with Crippen LogP contribution in [0, 0.1) is 0 Å². The monoisotopic (exact) mass is 1110 g/mol. The van der Waals surface area contributed by atoms with Gasteiger partial charge in [0.1, 0.15) is 0 Å². The Bertz CT molecular complexity index is 1320. The molecule has 2 unspecified atom stereocenters. The summed E-state index contributed by atoms with van der Waals surface area (Å²) in [5, 5.41) is 23.2. The van der Waals surface area contributed by atoms with Crippen molar-refractivity contribution in [3.8, 4) is 0 Å². The first kappa shape index (κ1) is 76.8. The molecule has 0 bridgehead atoms. The van der Waals surface area contributed by atoms with Gasteiger partial charge >= 0.3 is 5.97 Å². The number of aliphatic hydroxyl groups excluding tert-OH is 2. The molecule has 2 atom stereocenters. The second-order valence-corrected chi connectivity index (χ2v) is 24.2. The van der Waals surface area contributed by atoms with Crippen molar-refractivity contribution in [3.05, 3.63) is 48.6 Å². The van der Waals surface area contributed by atoms with Gasteiger partial charge in [0, 0.05) is 12.8 Å². The van der Waals surface area contributed by atoms with E-state index in [0.29, 0.717) is 19.4 Å². The summed E-state index contributed by atoms with van der Waals surface area (Å²) in [6.07, 6.45) is 89.0. The maximum atomic E-state index is 12.5. The summed E-state index contributed by atoms with van der Waals surface area (Å²) in [6.45, 7) is 4.91. The van der Waals surface area contributed by atoms with Crippen molar-refractivity contribution in [1.29, 1.82) is 0 Å². The Labute approximate surface area is 493 Å². The fraction of sp³-hybridized carbons (Fsp3) is 0.863. The molecule has 0 fully saturated rings. The molecule has 0 aromatic rings. The van der Waals surface area contributed by atoms with Gasteiger partial charge < -0.3 is 20.3 Å². The Balaban J connectivity index is 3.38. The van der Waals surface area contributed by atoms with E-state index in [4.69, 9.17) is 4.74 Å². The third-order valence-corrected chi connectivity index (χ3v) is 16.3.